The van der Waals surface area contributed by atoms with E-state index in [0.717, 1.165) is 5.56 Å². The number of benzene rings is 1. The second kappa shape index (κ2) is 4.57. The minimum absolute atomic E-state index is 0.125. The smallest absolute Gasteiger partial charge is 0.179 e. The van der Waals surface area contributed by atoms with Gasteiger partial charge in [0.05, 0.1) is 10.6 Å². The van der Waals surface area contributed by atoms with E-state index < -0.39 is 15.8 Å². The molecular formula is C11H14O3S. The van der Waals surface area contributed by atoms with Crippen LogP contribution >= 0.6 is 0 Å². The lowest BCUT2D eigenvalue weighted by atomic mass is 10.2. The number of hydrogen-bond donors (Lipinski definition) is 0. The van der Waals surface area contributed by atoms with E-state index in [1.165, 1.54) is 0 Å². The van der Waals surface area contributed by atoms with Gasteiger partial charge < -0.3 is 4.79 Å². The van der Waals surface area contributed by atoms with Gasteiger partial charge in [-0.05, 0) is 19.1 Å². The third kappa shape index (κ3) is 3.16. The van der Waals surface area contributed by atoms with Crippen LogP contribution in [0.5, 0.6) is 0 Å². The molecule has 0 spiro atoms. The van der Waals surface area contributed by atoms with Gasteiger partial charge >= 0.3 is 0 Å². The molecule has 0 aromatic heterocycles. The molecule has 0 aliphatic heterocycles. The zero-order valence-corrected chi connectivity index (χ0v) is 9.62. The van der Waals surface area contributed by atoms with E-state index in [2.05, 4.69) is 0 Å². The van der Waals surface area contributed by atoms with E-state index >= 15 is 0 Å². The average Bonchev–Trinajstić information content (AvgIpc) is 2.17. The van der Waals surface area contributed by atoms with Crippen LogP contribution in [-0.2, 0) is 14.6 Å². The van der Waals surface area contributed by atoms with E-state index in [-0.39, 0.29) is 10.6 Å². The first-order valence-electron chi connectivity index (χ1n) is 4.70. The topological polar surface area (TPSA) is 51.2 Å². The molecule has 3 nitrogen and oxygen atoms in total. The predicted octanol–water partition coefficient (Wildman–Crippen LogP) is 1.60. The highest BCUT2D eigenvalue weighted by Gasteiger charge is 2.17. The van der Waals surface area contributed by atoms with Crippen molar-refractivity contribution in [2.45, 2.75) is 18.7 Å². The summed E-state index contributed by atoms with van der Waals surface area (Å²) in [7, 11) is -3.32. The highest BCUT2D eigenvalue weighted by Crippen LogP contribution is 2.14. The average molecular weight is 226 g/mol. The number of carbonyl (C=O) groups excluding carboxylic acids is 1. The molecule has 0 N–H and O–H groups in total. The summed E-state index contributed by atoms with van der Waals surface area (Å²) in [5, 5.41) is 0. The van der Waals surface area contributed by atoms with Crippen molar-refractivity contribution in [3.05, 3.63) is 29.8 Å². The Balaban J connectivity index is 2.96. The minimum Gasteiger partial charge on any atom is -0.303 e. The Kier molecular flexibility index (Phi) is 3.63. The number of rotatable bonds is 4. The standard InChI is InChI=1S/C11H14O3S/c1-9-3-5-11(6-4-9)15(13,14)8-10(2)7-12/h3-7,10H,8H2,1-2H3. The monoisotopic (exact) mass is 226 g/mol. The Morgan fingerprint density at radius 3 is 2.27 bits per heavy atom. The van der Waals surface area contributed by atoms with Crippen LogP contribution in [0.2, 0.25) is 0 Å². The van der Waals surface area contributed by atoms with Crippen molar-refractivity contribution in [2.24, 2.45) is 5.92 Å². The largest absolute Gasteiger partial charge is 0.303 e. The summed E-state index contributed by atoms with van der Waals surface area (Å²) in [5.74, 6) is -0.587. The van der Waals surface area contributed by atoms with Crippen LogP contribution in [0.25, 0.3) is 0 Å². The summed E-state index contributed by atoms with van der Waals surface area (Å²) in [4.78, 5) is 10.7. The fourth-order valence-corrected chi connectivity index (χ4v) is 2.74. The summed E-state index contributed by atoms with van der Waals surface area (Å²) in [6.07, 6.45) is 0.658. The van der Waals surface area contributed by atoms with Gasteiger partial charge in [-0.25, -0.2) is 8.42 Å². The molecule has 0 aliphatic rings. The SMILES string of the molecule is Cc1ccc(S(=O)(=O)CC(C)C=O)cc1. The van der Waals surface area contributed by atoms with Crippen molar-refractivity contribution in [1.29, 1.82) is 0 Å². The van der Waals surface area contributed by atoms with Gasteiger partial charge in [-0.2, -0.15) is 0 Å². The minimum atomic E-state index is -3.32. The molecule has 0 saturated carbocycles. The lowest BCUT2D eigenvalue weighted by molar-refractivity contribution is -0.110. The van der Waals surface area contributed by atoms with Crippen molar-refractivity contribution < 1.29 is 13.2 Å². The summed E-state index contributed by atoms with van der Waals surface area (Å²) in [6, 6.07) is 6.64. The zero-order valence-electron chi connectivity index (χ0n) is 8.80. The maximum absolute atomic E-state index is 11.8. The molecule has 1 aromatic carbocycles. The first kappa shape index (κ1) is 11.9. The Labute approximate surface area is 90.0 Å². The van der Waals surface area contributed by atoms with Crippen LogP contribution in [0.4, 0.5) is 0 Å². The fourth-order valence-electron chi connectivity index (χ4n) is 1.23. The Morgan fingerprint density at radius 1 is 1.27 bits per heavy atom. The number of aldehydes is 1. The van der Waals surface area contributed by atoms with Gasteiger partial charge in [-0.3, -0.25) is 0 Å². The summed E-state index contributed by atoms with van der Waals surface area (Å²) in [6.45, 7) is 3.49. The van der Waals surface area contributed by atoms with Gasteiger partial charge in [0.1, 0.15) is 6.29 Å². The lowest BCUT2D eigenvalue weighted by Crippen LogP contribution is -2.14. The van der Waals surface area contributed by atoms with Crippen LogP contribution < -0.4 is 0 Å². The molecule has 1 rings (SSSR count). The quantitative estimate of drug-likeness (QED) is 0.733. The number of carbonyl (C=O) groups is 1. The molecule has 0 radical (unpaired) electrons. The molecule has 0 fully saturated rings. The summed E-state index contributed by atoms with van der Waals surface area (Å²) in [5.41, 5.74) is 1.01. The molecule has 0 aliphatic carbocycles. The molecule has 1 aromatic rings. The van der Waals surface area contributed by atoms with Crippen LogP contribution in [0.15, 0.2) is 29.2 Å². The molecule has 0 bridgehead atoms. The van der Waals surface area contributed by atoms with Gasteiger partial charge in [-0.1, -0.05) is 24.6 Å². The molecule has 4 heteroatoms. The van der Waals surface area contributed by atoms with Crippen molar-refractivity contribution in [3.8, 4) is 0 Å². The lowest BCUT2D eigenvalue weighted by Gasteiger charge is -2.06. The fraction of sp³-hybridized carbons (Fsp3) is 0.364. The molecule has 1 unspecified atom stereocenters. The van der Waals surface area contributed by atoms with Crippen molar-refractivity contribution in [1.82, 2.24) is 0 Å². The van der Waals surface area contributed by atoms with Crippen molar-refractivity contribution in [3.63, 3.8) is 0 Å². The van der Waals surface area contributed by atoms with Gasteiger partial charge in [0.2, 0.25) is 0 Å². The van der Waals surface area contributed by atoms with Crippen molar-refractivity contribution in [2.75, 3.05) is 5.75 Å². The molecule has 0 amide bonds. The van der Waals surface area contributed by atoms with Crippen LogP contribution in [0.3, 0.4) is 0 Å². The Morgan fingerprint density at radius 2 is 1.80 bits per heavy atom. The maximum Gasteiger partial charge on any atom is 0.179 e. The Bertz CT molecular complexity index is 431. The molecule has 1 atom stereocenters. The molecule has 0 saturated heterocycles. The van der Waals surface area contributed by atoms with Gasteiger partial charge in [0, 0.05) is 5.92 Å². The number of hydrogen-bond acceptors (Lipinski definition) is 3. The summed E-state index contributed by atoms with van der Waals surface area (Å²) < 4.78 is 23.5. The summed E-state index contributed by atoms with van der Waals surface area (Å²) >= 11 is 0. The number of sulfone groups is 1. The molecule has 0 heterocycles. The van der Waals surface area contributed by atoms with Gasteiger partial charge in [0.15, 0.2) is 9.84 Å². The van der Waals surface area contributed by atoms with E-state index in [9.17, 15) is 13.2 Å². The maximum atomic E-state index is 11.8. The second-order valence-electron chi connectivity index (χ2n) is 3.71. The van der Waals surface area contributed by atoms with E-state index in [4.69, 9.17) is 0 Å². The Hall–Kier alpha value is -1.16. The first-order valence-corrected chi connectivity index (χ1v) is 6.35. The van der Waals surface area contributed by atoms with Crippen molar-refractivity contribution >= 4 is 16.1 Å². The normalized spacial score (nSPS) is 13.5. The van der Waals surface area contributed by atoms with E-state index in [0.29, 0.717) is 6.29 Å². The zero-order chi connectivity index (χ0) is 11.5. The predicted molar refractivity (Wildman–Crippen MR) is 58.5 cm³/mol. The van der Waals surface area contributed by atoms with Gasteiger partial charge in [-0.15, -0.1) is 0 Å². The second-order valence-corrected chi connectivity index (χ2v) is 5.74. The van der Waals surface area contributed by atoms with E-state index in [1.54, 1.807) is 31.2 Å². The van der Waals surface area contributed by atoms with Gasteiger partial charge in [0.25, 0.3) is 0 Å². The van der Waals surface area contributed by atoms with Crippen LogP contribution in [0.1, 0.15) is 12.5 Å². The third-order valence-corrected chi connectivity index (χ3v) is 4.05. The molecular weight excluding hydrogens is 212 g/mol. The van der Waals surface area contributed by atoms with Crippen LogP contribution in [-0.4, -0.2) is 20.5 Å². The molecule has 82 valence electrons. The number of aryl methyl sites for hydroxylation is 1. The third-order valence-electron chi connectivity index (χ3n) is 2.09. The first-order chi connectivity index (χ1) is 6.95. The van der Waals surface area contributed by atoms with Crippen LogP contribution in [0, 0.1) is 12.8 Å². The van der Waals surface area contributed by atoms with E-state index in [1.807, 2.05) is 6.92 Å². The highest BCUT2D eigenvalue weighted by molar-refractivity contribution is 7.91. The highest BCUT2D eigenvalue weighted by atomic mass is 32.2. The molecule has 15 heavy (non-hydrogen) atoms.